The average Bonchev–Trinajstić information content (AvgIpc) is 2.83. The van der Waals surface area contributed by atoms with E-state index < -0.39 is 0 Å². The molecule has 0 aliphatic heterocycles. The minimum Gasteiger partial charge on any atom is -0.135 e. The lowest BCUT2D eigenvalue weighted by molar-refractivity contribution is 1.52. The molecule has 1 heterocycles. The van der Waals surface area contributed by atoms with E-state index in [0.29, 0.717) is 0 Å². The Bertz CT molecular complexity index is 729. The summed E-state index contributed by atoms with van der Waals surface area (Å²) in [6, 6.07) is 8.63. The van der Waals surface area contributed by atoms with Crippen LogP contribution in [0.25, 0.3) is 23.3 Å². The molecule has 0 N–H and O–H groups in total. The van der Waals surface area contributed by atoms with Crippen LogP contribution in [0.1, 0.15) is 11.1 Å². The first-order valence-electron chi connectivity index (χ1n) is 5.39. The van der Waals surface area contributed by atoms with E-state index in [1.54, 1.807) is 0 Å². The van der Waals surface area contributed by atoms with Crippen molar-refractivity contribution in [2.24, 2.45) is 0 Å². The molecule has 4 rings (SSSR count). The SMILES string of the molecule is [CH]1C=CC=c2sc3c(c21)-c1ccccc1C=3. The molecule has 75 valence electrons. The van der Waals surface area contributed by atoms with Crippen molar-refractivity contribution < 1.29 is 0 Å². The van der Waals surface area contributed by atoms with Crippen LogP contribution in [0.5, 0.6) is 0 Å². The molecular formula is C15H9S. The molecule has 16 heavy (non-hydrogen) atoms. The molecule has 0 nitrogen and oxygen atoms in total. The second-order valence-electron chi connectivity index (χ2n) is 4.07. The van der Waals surface area contributed by atoms with Gasteiger partial charge in [0.2, 0.25) is 0 Å². The molecule has 0 saturated heterocycles. The normalized spacial score (nSPS) is 14.8. The van der Waals surface area contributed by atoms with Crippen LogP contribution < -0.4 is 9.06 Å². The third-order valence-corrected chi connectivity index (χ3v) is 4.26. The van der Waals surface area contributed by atoms with Crippen molar-refractivity contribution in [3.63, 3.8) is 0 Å². The van der Waals surface area contributed by atoms with E-state index >= 15 is 0 Å². The van der Waals surface area contributed by atoms with Crippen LogP contribution in [0.4, 0.5) is 0 Å². The standard InChI is InChI=1S/C15H9S/c1-2-6-11-10(5-1)9-14-15(11)12-7-3-4-8-13(12)16-14/h1-9H. The zero-order valence-electron chi connectivity index (χ0n) is 8.60. The molecule has 0 amide bonds. The van der Waals surface area contributed by atoms with Crippen LogP contribution in [0.15, 0.2) is 36.4 Å². The van der Waals surface area contributed by atoms with Gasteiger partial charge in [0.25, 0.3) is 0 Å². The summed E-state index contributed by atoms with van der Waals surface area (Å²) in [5, 5.41) is 0. The second kappa shape index (κ2) is 2.96. The summed E-state index contributed by atoms with van der Waals surface area (Å²) in [7, 11) is 0. The molecule has 1 aromatic heterocycles. The summed E-state index contributed by atoms with van der Waals surface area (Å²) in [5.41, 5.74) is 5.56. The fourth-order valence-electron chi connectivity index (χ4n) is 2.44. The highest BCUT2D eigenvalue weighted by molar-refractivity contribution is 7.08. The van der Waals surface area contributed by atoms with Gasteiger partial charge in [-0.3, -0.25) is 0 Å². The van der Waals surface area contributed by atoms with E-state index in [1.165, 1.54) is 31.3 Å². The van der Waals surface area contributed by atoms with Gasteiger partial charge >= 0.3 is 0 Å². The first kappa shape index (κ1) is 8.54. The minimum absolute atomic E-state index is 1.36. The number of benzene rings is 1. The van der Waals surface area contributed by atoms with Gasteiger partial charge in [0.05, 0.1) is 0 Å². The maximum absolute atomic E-state index is 2.30. The second-order valence-corrected chi connectivity index (χ2v) is 5.15. The zero-order valence-corrected chi connectivity index (χ0v) is 9.42. The average molecular weight is 221 g/mol. The number of thiophene rings is 1. The Morgan fingerprint density at radius 3 is 2.88 bits per heavy atom. The van der Waals surface area contributed by atoms with Crippen molar-refractivity contribution >= 4 is 23.5 Å². The van der Waals surface area contributed by atoms with Crippen LogP contribution in [-0.4, -0.2) is 0 Å². The van der Waals surface area contributed by atoms with Gasteiger partial charge in [-0.2, -0.15) is 0 Å². The number of hydrogen-bond acceptors (Lipinski definition) is 1. The number of fused-ring (bicyclic) bond motifs is 5. The maximum Gasteiger partial charge on any atom is 0.0364 e. The van der Waals surface area contributed by atoms with Crippen molar-refractivity contribution in [2.75, 3.05) is 0 Å². The number of allylic oxidation sites excluding steroid dienone is 2. The Kier molecular flexibility index (Phi) is 1.58. The summed E-state index contributed by atoms with van der Waals surface area (Å²) in [4.78, 5) is 0. The van der Waals surface area contributed by atoms with E-state index in [0.717, 1.165) is 0 Å². The van der Waals surface area contributed by atoms with Crippen LogP contribution in [0.2, 0.25) is 0 Å². The molecule has 0 saturated carbocycles. The van der Waals surface area contributed by atoms with Gasteiger partial charge in [0.1, 0.15) is 0 Å². The van der Waals surface area contributed by atoms with Gasteiger partial charge in [-0.25, -0.2) is 0 Å². The summed E-state index contributed by atoms with van der Waals surface area (Å²) in [5.74, 6) is 0. The van der Waals surface area contributed by atoms with Gasteiger partial charge < -0.3 is 0 Å². The maximum atomic E-state index is 2.30. The molecule has 0 spiro atoms. The quantitative estimate of drug-likeness (QED) is 0.547. The minimum atomic E-state index is 1.36. The predicted octanol–water partition coefficient (Wildman–Crippen LogP) is 2.46. The lowest BCUT2D eigenvalue weighted by Crippen LogP contribution is -2.02. The van der Waals surface area contributed by atoms with Crippen LogP contribution >= 0.6 is 11.3 Å². The highest BCUT2D eigenvalue weighted by atomic mass is 32.1. The van der Waals surface area contributed by atoms with Crippen molar-refractivity contribution in [3.05, 3.63) is 63.0 Å². The van der Waals surface area contributed by atoms with Gasteiger partial charge in [0.15, 0.2) is 0 Å². The predicted molar refractivity (Wildman–Crippen MR) is 69.6 cm³/mol. The van der Waals surface area contributed by atoms with Gasteiger partial charge in [-0.05, 0) is 28.8 Å². The van der Waals surface area contributed by atoms with Crippen molar-refractivity contribution in [3.8, 4) is 11.1 Å². The molecular weight excluding hydrogens is 212 g/mol. The lowest BCUT2D eigenvalue weighted by Gasteiger charge is -2.04. The Morgan fingerprint density at radius 2 is 1.88 bits per heavy atom. The molecule has 2 aliphatic carbocycles. The van der Waals surface area contributed by atoms with Gasteiger partial charge in [-0.15, -0.1) is 11.3 Å². The summed E-state index contributed by atoms with van der Waals surface area (Å²) < 4.78 is 2.79. The fraction of sp³-hybridized carbons (Fsp3) is 0. The topological polar surface area (TPSA) is 0 Å². The van der Waals surface area contributed by atoms with E-state index in [4.69, 9.17) is 0 Å². The van der Waals surface area contributed by atoms with Crippen LogP contribution in [0.3, 0.4) is 0 Å². The smallest absolute Gasteiger partial charge is 0.0364 e. The molecule has 0 unspecified atom stereocenters. The van der Waals surface area contributed by atoms with E-state index in [9.17, 15) is 0 Å². The van der Waals surface area contributed by atoms with Gasteiger partial charge in [0, 0.05) is 21.0 Å². The first-order chi connectivity index (χ1) is 7.93. The molecule has 1 aromatic carbocycles. The molecule has 2 aliphatic rings. The highest BCUT2D eigenvalue weighted by Crippen LogP contribution is 2.30. The Hall–Kier alpha value is -1.60. The number of rotatable bonds is 0. The molecule has 0 fully saturated rings. The van der Waals surface area contributed by atoms with Crippen molar-refractivity contribution in [2.45, 2.75) is 0 Å². The van der Waals surface area contributed by atoms with E-state index in [1.807, 2.05) is 11.3 Å². The highest BCUT2D eigenvalue weighted by Gasteiger charge is 2.18. The van der Waals surface area contributed by atoms with E-state index in [-0.39, 0.29) is 0 Å². The molecule has 0 atom stereocenters. The number of hydrogen-bond donors (Lipinski definition) is 0. The van der Waals surface area contributed by atoms with Crippen molar-refractivity contribution in [1.29, 1.82) is 0 Å². The Balaban J connectivity index is 2.15. The van der Waals surface area contributed by atoms with E-state index in [2.05, 4.69) is 55.0 Å². The van der Waals surface area contributed by atoms with Gasteiger partial charge in [-0.1, -0.05) is 36.4 Å². The Labute approximate surface area is 97.9 Å². The Morgan fingerprint density at radius 1 is 0.938 bits per heavy atom. The third-order valence-electron chi connectivity index (χ3n) is 3.14. The lowest BCUT2D eigenvalue weighted by atomic mass is 9.99. The summed E-state index contributed by atoms with van der Waals surface area (Å²) >= 11 is 1.89. The monoisotopic (exact) mass is 221 g/mol. The van der Waals surface area contributed by atoms with Crippen molar-refractivity contribution in [1.82, 2.24) is 0 Å². The molecule has 1 radical (unpaired) electrons. The molecule has 2 aromatic rings. The molecule has 1 heteroatoms. The van der Waals surface area contributed by atoms with Crippen LogP contribution in [0, 0.1) is 6.42 Å². The zero-order chi connectivity index (χ0) is 10.5. The first-order valence-corrected chi connectivity index (χ1v) is 6.21. The summed E-state index contributed by atoms with van der Waals surface area (Å²) in [6.07, 6.45) is 11.0. The van der Waals surface area contributed by atoms with Crippen LogP contribution in [-0.2, 0) is 0 Å². The molecule has 0 bridgehead atoms. The largest absolute Gasteiger partial charge is 0.135 e. The fourth-order valence-corrected chi connectivity index (χ4v) is 3.61. The third kappa shape index (κ3) is 0.987. The summed E-state index contributed by atoms with van der Waals surface area (Å²) in [6.45, 7) is 0.